The molecule has 2 atom stereocenters. The van der Waals surface area contributed by atoms with E-state index in [9.17, 15) is 4.79 Å². The molecule has 1 aliphatic heterocycles. The highest BCUT2D eigenvalue weighted by atomic mass is 35.5. The van der Waals surface area contributed by atoms with Gasteiger partial charge < -0.3 is 10.6 Å². The van der Waals surface area contributed by atoms with Crippen molar-refractivity contribution in [2.24, 2.45) is 5.73 Å². The van der Waals surface area contributed by atoms with Gasteiger partial charge in [0.25, 0.3) is 0 Å². The minimum atomic E-state index is 0. The quantitative estimate of drug-likeness (QED) is 0.867. The Morgan fingerprint density at radius 1 is 1.55 bits per heavy atom. The van der Waals surface area contributed by atoms with Crippen LogP contribution in [0.1, 0.15) is 56.2 Å². The molecule has 2 N–H and O–H groups in total. The van der Waals surface area contributed by atoms with Gasteiger partial charge in [0.15, 0.2) is 0 Å². The molecule has 128 valence electrons. The van der Waals surface area contributed by atoms with Crippen molar-refractivity contribution in [3.05, 3.63) is 16.1 Å². The highest BCUT2D eigenvalue weighted by Gasteiger charge is 2.26. The molecule has 0 saturated carbocycles. The van der Waals surface area contributed by atoms with Crippen LogP contribution in [0.2, 0.25) is 0 Å². The van der Waals surface area contributed by atoms with Gasteiger partial charge in [-0.2, -0.15) is 0 Å². The summed E-state index contributed by atoms with van der Waals surface area (Å²) in [7, 11) is 0. The van der Waals surface area contributed by atoms with E-state index in [2.05, 4.69) is 17.3 Å². The molecule has 2 heterocycles. The van der Waals surface area contributed by atoms with Gasteiger partial charge in [-0.15, -0.1) is 36.2 Å². The van der Waals surface area contributed by atoms with Crippen LogP contribution in [0.3, 0.4) is 0 Å². The van der Waals surface area contributed by atoms with Crippen molar-refractivity contribution in [1.29, 1.82) is 0 Å². The number of carbonyl (C=O) groups is 1. The number of likely N-dealkylation sites (tertiary alicyclic amines) is 1. The third-order valence-corrected chi connectivity index (χ3v) is 4.92. The monoisotopic (exact) mass is 367 g/mol. The predicted octanol–water partition coefficient (Wildman–Crippen LogP) is 3.38. The van der Waals surface area contributed by atoms with Gasteiger partial charge in [-0.3, -0.25) is 4.79 Å². The zero-order valence-corrected chi connectivity index (χ0v) is 15.7. The maximum Gasteiger partial charge on any atom is 0.222 e. The number of hydrogen-bond acceptors (Lipinski definition) is 4. The van der Waals surface area contributed by atoms with Crippen LogP contribution in [0.4, 0.5) is 0 Å². The summed E-state index contributed by atoms with van der Waals surface area (Å²) in [6.07, 6.45) is 4.56. The zero-order chi connectivity index (χ0) is 14.5. The summed E-state index contributed by atoms with van der Waals surface area (Å²) in [5.41, 5.74) is 6.90. The van der Waals surface area contributed by atoms with E-state index in [-0.39, 0.29) is 36.8 Å². The normalized spacial score (nSPS) is 19.0. The number of aryl methyl sites for hydroxylation is 1. The minimum Gasteiger partial charge on any atom is -0.342 e. The Balaban J connectivity index is 0.00000220. The molecule has 1 aromatic heterocycles. The second kappa shape index (κ2) is 10.4. The van der Waals surface area contributed by atoms with Crippen molar-refractivity contribution in [2.45, 2.75) is 57.9 Å². The van der Waals surface area contributed by atoms with E-state index in [0.29, 0.717) is 12.3 Å². The number of nitrogens with zero attached hydrogens (tertiary/aromatic N) is 2. The number of piperidine rings is 1. The van der Waals surface area contributed by atoms with E-state index >= 15 is 0 Å². The Bertz CT molecular complexity index is 454. The largest absolute Gasteiger partial charge is 0.342 e. The molecule has 0 spiro atoms. The molecule has 7 heteroatoms. The molecule has 22 heavy (non-hydrogen) atoms. The first-order chi connectivity index (χ1) is 9.60. The van der Waals surface area contributed by atoms with Crippen LogP contribution in [0.15, 0.2) is 5.38 Å². The average molecular weight is 368 g/mol. The van der Waals surface area contributed by atoms with Crippen molar-refractivity contribution in [1.82, 2.24) is 9.88 Å². The van der Waals surface area contributed by atoms with E-state index in [0.717, 1.165) is 38.8 Å². The number of thiazole rings is 1. The van der Waals surface area contributed by atoms with Gasteiger partial charge in [-0.05, 0) is 32.6 Å². The first-order valence-corrected chi connectivity index (χ1v) is 8.45. The molecule has 2 unspecified atom stereocenters. The van der Waals surface area contributed by atoms with Gasteiger partial charge in [-0.1, -0.05) is 6.92 Å². The number of amides is 1. The van der Waals surface area contributed by atoms with Crippen molar-refractivity contribution < 1.29 is 4.79 Å². The van der Waals surface area contributed by atoms with Gasteiger partial charge in [0, 0.05) is 36.9 Å². The molecule has 0 aliphatic carbocycles. The fraction of sp³-hybridized carbons (Fsp3) is 0.733. The molecule has 0 radical (unpaired) electrons. The standard InChI is InChI=1S/C15H25N3OS.2ClH/c1-3-13-10-20-15(17-13)12-5-4-8-18(9-12)14(19)7-6-11(2)16;;/h10-12H,3-9,16H2,1-2H3;2*1H. The summed E-state index contributed by atoms with van der Waals surface area (Å²) >= 11 is 1.74. The fourth-order valence-electron chi connectivity index (χ4n) is 2.59. The number of nitrogens with two attached hydrogens (primary N) is 1. The van der Waals surface area contributed by atoms with Crippen molar-refractivity contribution in [2.75, 3.05) is 13.1 Å². The van der Waals surface area contributed by atoms with E-state index in [1.165, 1.54) is 10.7 Å². The van der Waals surface area contributed by atoms with Crippen molar-refractivity contribution >= 4 is 42.1 Å². The van der Waals surface area contributed by atoms with Crippen molar-refractivity contribution in [3.63, 3.8) is 0 Å². The molecule has 1 aromatic rings. The van der Waals surface area contributed by atoms with Gasteiger partial charge in [0.05, 0.1) is 10.7 Å². The van der Waals surface area contributed by atoms with Crippen LogP contribution in [-0.2, 0) is 11.2 Å². The topological polar surface area (TPSA) is 59.2 Å². The SMILES string of the molecule is CCc1csc(C2CCCN(C(=O)CCC(C)N)C2)n1.Cl.Cl. The summed E-state index contributed by atoms with van der Waals surface area (Å²) < 4.78 is 0. The number of halogens is 2. The van der Waals surface area contributed by atoms with Gasteiger partial charge >= 0.3 is 0 Å². The Labute approximate surface area is 149 Å². The smallest absolute Gasteiger partial charge is 0.222 e. The first-order valence-electron chi connectivity index (χ1n) is 7.57. The molecule has 1 amide bonds. The molecule has 0 aromatic carbocycles. The summed E-state index contributed by atoms with van der Waals surface area (Å²) in [6.45, 7) is 5.80. The molecular weight excluding hydrogens is 341 g/mol. The zero-order valence-electron chi connectivity index (χ0n) is 13.3. The van der Waals surface area contributed by atoms with E-state index in [4.69, 9.17) is 5.73 Å². The second-order valence-corrected chi connectivity index (χ2v) is 6.62. The lowest BCUT2D eigenvalue weighted by Gasteiger charge is -2.32. The number of aromatic nitrogens is 1. The lowest BCUT2D eigenvalue weighted by Crippen LogP contribution is -2.39. The summed E-state index contributed by atoms with van der Waals surface area (Å²) in [5.74, 6) is 0.674. The summed E-state index contributed by atoms with van der Waals surface area (Å²) in [4.78, 5) is 18.9. The fourth-order valence-corrected chi connectivity index (χ4v) is 3.62. The number of rotatable bonds is 5. The van der Waals surface area contributed by atoms with Gasteiger partial charge in [0.1, 0.15) is 0 Å². The molecule has 1 saturated heterocycles. The third-order valence-electron chi connectivity index (χ3n) is 3.87. The van der Waals surface area contributed by atoms with Crippen molar-refractivity contribution in [3.8, 4) is 0 Å². The molecule has 4 nitrogen and oxygen atoms in total. The van der Waals surface area contributed by atoms with Crippen LogP contribution in [0.25, 0.3) is 0 Å². The molecule has 2 rings (SSSR count). The second-order valence-electron chi connectivity index (χ2n) is 5.73. The molecule has 1 aliphatic rings. The third kappa shape index (κ3) is 6.03. The molecular formula is C15H27Cl2N3OS. The van der Waals surface area contributed by atoms with E-state index in [1.807, 2.05) is 11.8 Å². The minimum absolute atomic E-state index is 0. The van der Waals surface area contributed by atoms with Crippen LogP contribution in [-0.4, -0.2) is 34.9 Å². The van der Waals surface area contributed by atoms with Crippen LogP contribution >= 0.6 is 36.2 Å². The van der Waals surface area contributed by atoms with Gasteiger partial charge in [0.2, 0.25) is 5.91 Å². The van der Waals surface area contributed by atoms with E-state index < -0.39 is 0 Å². The Hall–Kier alpha value is -0.360. The Morgan fingerprint density at radius 3 is 2.86 bits per heavy atom. The summed E-state index contributed by atoms with van der Waals surface area (Å²) in [6, 6.07) is 0.102. The average Bonchev–Trinajstić information content (AvgIpc) is 2.94. The first kappa shape index (κ1) is 21.6. The number of hydrogen-bond donors (Lipinski definition) is 1. The van der Waals surface area contributed by atoms with Crippen LogP contribution < -0.4 is 5.73 Å². The van der Waals surface area contributed by atoms with Crippen LogP contribution in [0.5, 0.6) is 0 Å². The summed E-state index contributed by atoms with van der Waals surface area (Å²) in [5, 5.41) is 3.35. The predicted molar refractivity (Wildman–Crippen MR) is 97.4 cm³/mol. The molecule has 0 bridgehead atoms. The maximum atomic E-state index is 12.2. The Kier molecular flexibility index (Phi) is 10.3. The van der Waals surface area contributed by atoms with Crippen LogP contribution in [0, 0.1) is 0 Å². The van der Waals surface area contributed by atoms with E-state index in [1.54, 1.807) is 11.3 Å². The lowest BCUT2D eigenvalue weighted by molar-refractivity contribution is -0.132. The maximum absolute atomic E-state index is 12.2. The molecule has 1 fully saturated rings. The number of carbonyl (C=O) groups excluding carboxylic acids is 1. The highest BCUT2D eigenvalue weighted by Crippen LogP contribution is 2.29. The lowest BCUT2D eigenvalue weighted by atomic mass is 9.98. The highest BCUT2D eigenvalue weighted by molar-refractivity contribution is 7.09. The van der Waals surface area contributed by atoms with Gasteiger partial charge in [-0.25, -0.2) is 4.98 Å². The Morgan fingerprint density at radius 2 is 2.27 bits per heavy atom.